The van der Waals surface area contributed by atoms with Gasteiger partial charge < -0.3 is 14.8 Å². The molecule has 0 spiro atoms. The molecule has 1 heterocycles. The number of hydrogen-bond donors (Lipinski definition) is 1. The number of ether oxygens (including phenoxy) is 2. The van der Waals surface area contributed by atoms with Crippen molar-refractivity contribution in [2.75, 3.05) is 19.7 Å². The Morgan fingerprint density at radius 3 is 2.82 bits per heavy atom. The highest BCUT2D eigenvalue weighted by Gasteiger charge is 2.26. The van der Waals surface area contributed by atoms with E-state index in [-0.39, 0.29) is 18.2 Å². The van der Waals surface area contributed by atoms with Crippen molar-refractivity contribution < 1.29 is 14.3 Å². The van der Waals surface area contributed by atoms with Crippen molar-refractivity contribution in [2.45, 2.75) is 52.2 Å². The first kappa shape index (κ1) is 14.5. The number of nitrogens with one attached hydrogen (secondary N) is 1. The van der Waals surface area contributed by atoms with Crippen molar-refractivity contribution in [1.29, 1.82) is 0 Å². The molecule has 0 aliphatic carbocycles. The third kappa shape index (κ3) is 6.03. The molecule has 1 saturated heterocycles. The van der Waals surface area contributed by atoms with Gasteiger partial charge in [-0.15, -0.1) is 0 Å². The second-order valence-corrected chi connectivity index (χ2v) is 5.14. The lowest BCUT2D eigenvalue weighted by molar-refractivity contribution is -0.158. The van der Waals surface area contributed by atoms with Gasteiger partial charge in [0.15, 0.2) is 6.10 Å². The van der Waals surface area contributed by atoms with Gasteiger partial charge in [0.25, 0.3) is 0 Å². The van der Waals surface area contributed by atoms with Crippen LogP contribution in [0.1, 0.15) is 40.0 Å². The fourth-order valence-corrected chi connectivity index (χ4v) is 1.78. The zero-order valence-electron chi connectivity index (χ0n) is 11.2. The zero-order valence-corrected chi connectivity index (χ0v) is 11.2. The Kier molecular flexibility index (Phi) is 6.52. The second-order valence-electron chi connectivity index (χ2n) is 5.14. The van der Waals surface area contributed by atoms with E-state index < -0.39 is 0 Å². The lowest BCUT2D eigenvalue weighted by Gasteiger charge is -2.16. The van der Waals surface area contributed by atoms with Crippen molar-refractivity contribution in [3.05, 3.63) is 0 Å². The van der Waals surface area contributed by atoms with Crippen LogP contribution in [0.2, 0.25) is 0 Å². The first-order valence-corrected chi connectivity index (χ1v) is 6.62. The van der Waals surface area contributed by atoms with Gasteiger partial charge in [0.1, 0.15) is 6.10 Å². The third-order valence-corrected chi connectivity index (χ3v) is 2.84. The predicted molar refractivity (Wildman–Crippen MR) is 66.9 cm³/mol. The molecule has 1 aliphatic heterocycles. The van der Waals surface area contributed by atoms with Crippen LogP contribution in [0.4, 0.5) is 0 Å². The molecule has 2 atom stereocenters. The van der Waals surface area contributed by atoms with Crippen molar-refractivity contribution in [3.8, 4) is 0 Å². The number of hydrogen-bond acceptors (Lipinski definition) is 4. The van der Waals surface area contributed by atoms with E-state index in [1.807, 2.05) is 6.92 Å². The Bertz CT molecular complexity index is 225. The van der Waals surface area contributed by atoms with Crippen LogP contribution in [0.15, 0.2) is 0 Å². The van der Waals surface area contributed by atoms with E-state index >= 15 is 0 Å². The van der Waals surface area contributed by atoms with E-state index in [9.17, 15) is 4.79 Å². The van der Waals surface area contributed by atoms with Gasteiger partial charge in [-0.1, -0.05) is 13.8 Å². The molecule has 17 heavy (non-hydrogen) atoms. The van der Waals surface area contributed by atoms with Crippen LogP contribution in [-0.2, 0) is 14.3 Å². The number of rotatable bonds is 7. The molecule has 0 aromatic rings. The van der Waals surface area contributed by atoms with E-state index in [2.05, 4.69) is 19.2 Å². The van der Waals surface area contributed by atoms with Gasteiger partial charge in [0.05, 0.1) is 0 Å². The van der Waals surface area contributed by atoms with Crippen LogP contribution >= 0.6 is 0 Å². The standard InChI is InChI=1S/C13H25NO3/c1-10(2)6-7-14-9-11(3)17-13(15)12-5-4-8-16-12/h10-12,14H,4-9H2,1-3H3. The molecule has 4 heteroatoms. The van der Waals surface area contributed by atoms with Gasteiger partial charge in [0, 0.05) is 13.2 Å². The number of esters is 1. The largest absolute Gasteiger partial charge is 0.459 e. The summed E-state index contributed by atoms with van der Waals surface area (Å²) in [5.74, 6) is 0.493. The number of carbonyl (C=O) groups is 1. The first-order chi connectivity index (χ1) is 8.09. The third-order valence-electron chi connectivity index (χ3n) is 2.84. The Morgan fingerprint density at radius 2 is 2.24 bits per heavy atom. The Morgan fingerprint density at radius 1 is 1.47 bits per heavy atom. The van der Waals surface area contributed by atoms with Gasteiger partial charge in [-0.2, -0.15) is 0 Å². The fourth-order valence-electron chi connectivity index (χ4n) is 1.78. The lowest BCUT2D eigenvalue weighted by atomic mass is 10.1. The van der Waals surface area contributed by atoms with Gasteiger partial charge in [0.2, 0.25) is 0 Å². The van der Waals surface area contributed by atoms with E-state index in [1.165, 1.54) is 0 Å². The summed E-state index contributed by atoms with van der Waals surface area (Å²) < 4.78 is 10.6. The van der Waals surface area contributed by atoms with Crippen molar-refractivity contribution >= 4 is 5.97 Å². The average molecular weight is 243 g/mol. The second kappa shape index (κ2) is 7.67. The van der Waals surface area contributed by atoms with Crippen LogP contribution in [0.3, 0.4) is 0 Å². The minimum Gasteiger partial charge on any atom is -0.459 e. The molecular weight excluding hydrogens is 218 g/mol. The molecule has 0 bridgehead atoms. The Labute approximate surface area is 104 Å². The summed E-state index contributed by atoms with van der Waals surface area (Å²) >= 11 is 0. The topological polar surface area (TPSA) is 47.6 Å². The fraction of sp³-hybridized carbons (Fsp3) is 0.923. The average Bonchev–Trinajstić information content (AvgIpc) is 2.77. The molecule has 0 saturated carbocycles. The lowest BCUT2D eigenvalue weighted by Crippen LogP contribution is -2.33. The smallest absolute Gasteiger partial charge is 0.335 e. The molecule has 100 valence electrons. The highest BCUT2D eigenvalue weighted by atomic mass is 16.6. The van der Waals surface area contributed by atoms with Gasteiger partial charge in [-0.05, 0) is 38.6 Å². The van der Waals surface area contributed by atoms with Crippen LogP contribution in [0, 0.1) is 5.92 Å². The maximum atomic E-state index is 11.6. The zero-order chi connectivity index (χ0) is 12.7. The monoisotopic (exact) mass is 243 g/mol. The minimum absolute atomic E-state index is 0.0844. The Hall–Kier alpha value is -0.610. The summed E-state index contributed by atoms with van der Waals surface area (Å²) in [5, 5.41) is 3.29. The highest BCUT2D eigenvalue weighted by Crippen LogP contribution is 2.13. The van der Waals surface area contributed by atoms with Crippen LogP contribution < -0.4 is 5.32 Å². The molecule has 1 N–H and O–H groups in total. The van der Waals surface area contributed by atoms with Crippen molar-refractivity contribution in [1.82, 2.24) is 5.32 Å². The minimum atomic E-state index is -0.326. The molecule has 0 radical (unpaired) electrons. The molecule has 0 aromatic carbocycles. The van der Waals surface area contributed by atoms with E-state index in [0.717, 1.165) is 25.8 Å². The van der Waals surface area contributed by atoms with Gasteiger partial charge in [-0.25, -0.2) is 4.79 Å². The molecule has 1 aliphatic rings. The summed E-state index contributed by atoms with van der Waals surface area (Å²) in [6, 6.07) is 0. The number of carbonyl (C=O) groups excluding carboxylic acids is 1. The SMILES string of the molecule is CC(C)CCNCC(C)OC(=O)C1CCCO1. The highest BCUT2D eigenvalue weighted by molar-refractivity contribution is 5.75. The summed E-state index contributed by atoms with van der Waals surface area (Å²) in [6.07, 6.45) is 2.49. The van der Waals surface area contributed by atoms with E-state index in [0.29, 0.717) is 19.1 Å². The van der Waals surface area contributed by atoms with Crippen molar-refractivity contribution in [2.24, 2.45) is 5.92 Å². The molecule has 0 aromatic heterocycles. The Balaban J connectivity index is 2.07. The summed E-state index contributed by atoms with van der Waals surface area (Å²) in [7, 11) is 0. The summed E-state index contributed by atoms with van der Waals surface area (Å²) in [4.78, 5) is 11.6. The van der Waals surface area contributed by atoms with Crippen LogP contribution in [-0.4, -0.2) is 37.9 Å². The molecule has 2 unspecified atom stereocenters. The molecule has 1 rings (SSSR count). The summed E-state index contributed by atoms with van der Waals surface area (Å²) in [6.45, 7) is 8.67. The van der Waals surface area contributed by atoms with Crippen LogP contribution in [0.5, 0.6) is 0 Å². The van der Waals surface area contributed by atoms with Gasteiger partial charge >= 0.3 is 5.97 Å². The van der Waals surface area contributed by atoms with Crippen LogP contribution in [0.25, 0.3) is 0 Å². The normalized spacial score (nSPS) is 21.8. The van der Waals surface area contributed by atoms with Crippen molar-refractivity contribution in [3.63, 3.8) is 0 Å². The molecular formula is C13H25NO3. The van der Waals surface area contributed by atoms with Gasteiger partial charge in [-0.3, -0.25) is 0 Å². The quantitative estimate of drug-likeness (QED) is 0.546. The van der Waals surface area contributed by atoms with E-state index in [1.54, 1.807) is 0 Å². The predicted octanol–water partition coefficient (Wildman–Crippen LogP) is 1.73. The van der Waals surface area contributed by atoms with E-state index in [4.69, 9.17) is 9.47 Å². The maximum absolute atomic E-state index is 11.6. The molecule has 1 fully saturated rings. The summed E-state index contributed by atoms with van der Waals surface area (Å²) in [5.41, 5.74) is 0. The molecule has 0 amide bonds. The maximum Gasteiger partial charge on any atom is 0.335 e. The molecule has 4 nitrogen and oxygen atoms in total. The first-order valence-electron chi connectivity index (χ1n) is 6.62.